The lowest BCUT2D eigenvalue weighted by Crippen LogP contribution is -2.23. The third-order valence-corrected chi connectivity index (χ3v) is 2.37. The molecule has 1 aromatic rings. The van der Waals surface area contributed by atoms with Gasteiger partial charge >= 0.3 is 6.18 Å². The minimum absolute atomic E-state index is 0.0642. The van der Waals surface area contributed by atoms with Crippen molar-refractivity contribution in [2.24, 2.45) is 5.73 Å². The molecule has 1 atom stereocenters. The second-order valence-corrected chi connectivity index (χ2v) is 3.88. The van der Waals surface area contributed by atoms with Crippen molar-refractivity contribution in [3.05, 3.63) is 29.8 Å². The zero-order valence-corrected chi connectivity index (χ0v) is 9.63. The van der Waals surface area contributed by atoms with E-state index in [1.807, 2.05) is 6.92 Å². The molecular weight excluding hydrogens is 231 g/mol. The molecule has 0 fully saturated rings. The molecule has 0 saturated carbocycles. The number of alkyl halides is 3. The van der Waals surface area contributed by atoms with E-state index in [1.54, 1.807) is 18.2 Å². The predicted octanol–water partition coefficient (Wildman–Crippen LogP) is 2.91. The number of hydrogen-bond donors (Lipinski definition) is 1. The molecule has 1 aromatic carbocycles. The van der Waals surface area contributed by atoms with Crippen molar-refractivity contribution in [1.82, 2.24) is 0 Å². The molecule has 1 unspecified atom stereocenters. The van der Waals surface area contributed by atoms with Crippen LogP contribution in [0.4, 0.5) is 13.2 Å². The van der Waals surface area contributed by atoms with Gasteiger partial charge in [0, 0.05) is 6.04 Å². The van der Waals surface area contributed by atoms with Crippen LogP contribution in [0.25, 0.3) is 0 Å². The van der Waals surface area contributed by atoms with E-state index in [1.165, 1.54) is 6.07 Å². The number of hydrogen-bond acceptors (Lipinski definition) is 2. The zero-order valence-electron chi connectivity index (χ0n) is 9.63. The van der Waals surface area contributed by atoms with Gasteiger partial charge in [-0.1, -0.05) is 25.1 Å². The predicted molar refractivity (Wildman–Crippen MR) is 60.0 cm³/mol. The standard InChI is InChI=1S/C12H16F3NO/c1-2-10(16)7-9-5-3-4-6-11(9)17-8-12(13,14)15/h3-6,10H,2,7-8,16H2,1H3. The Kier molecular flexibility index (Phi) is 4.81. The summed E-state index contributed by atoms with van der Waals surface area (Å²) in [4.78, 5) is 0. The summed E-state index contributed by atoms with van der Waals surface area (Å²) in [7, 11) is 0. The van der Waals surface area contributed by atoms with Crippen molar-refractivity contribution in [3.63, 3.8) is 0 Å². The van der Waals surface area contributed by atoms with Crippen LogP contribution in [-0.2, 0) is 6.42 Å². The summed E-state index contributed by atoms with van der Waals surface area (Å²) in [6.07, 6.45) is -3.03. The first kappa shape index (κ1) is 13.8. The molecule has 0 aliphatic rings. The molecule has 2 N–H and O–H groups in total. The van der Waals surface area contributed by atoms with E-state index in [0.29, 0.717) is 12.0 Å². The molecular formula is C12H16F3NO. The van der Waals surface area contributed by atoms with Crippen molar-refractivity contribution in [2.75, 3.05) is 6.61 Å². The SMILES string of the molecule is CCC(N)Cc1ccccc1OCC(F)(F)F. The van der Waals surface area contributed by atoms with E-state index in [9.17, 15) is 13.2 Å². The molecule has 17 heavy (non-hydrogen) atoms. The number of halogens is 3. The first-order valence-corrected chi connectivity index (χ1v) is 5.45. The van der Waals surface area contributed by atoms with Gasteiger partial charge in [-0.25, -0.2) is 0 Å². The van der Waals surface area contributed by atoms with Gasteiger partial charge in [-0.3, -0.25) is 0 Å². The maximum atomic E-state index is 12.1. The second kappa shape index (κ2) is 5.91. The van der Waals surface area contributed by atoms with Crippen LogP contribution in [0.15, 0.2) is 24.3 Å². The molecule has 0 saturated heterocycles. The quantitative estimate of drug-likeness (QED) is 0.868. The first-order valence-electron chi connectivity index (χ1n) is 5.45. The van der Waals surface area contributed by atoms with Crippen LogP contribution in [0, 0.1) is 0 Å². The van der Waals surface area contributed by atoms with E-state index < -0.39 is 12.8 Å². The third kappa shape index (κ3) is 5.08. The van der Waals surface area contributed by atoms with E-state index in [0.717, 1.165) is 6.42 Å². The normalized spacial score (nSPS) is 13.5. The highest BCUT2D eigenvalue weighted by Gasteiger charge is 2.28. The van der Waals surface area contributed by atoms with Gasteiger partial charge in [0.15, 0.2) is 6.61 Å². The maximum absolute atomic E-state index is 12.1. The lowest BCUT2D eigenvalue weighted by molar-refractivity contribution is -0.153. The molecule has 0 aliphatic carbocycles. The molecule has 0 spiro atoms. The Morgan fingerprint density at radius 3 is 2.53 bits per heavy atom. The van der Waals surface area contributed by atoms with E-state index >= 15 is 0 Å². The maximum Gasteiger partial charge on any atom is 0.422 e. The van der Waals surface area contributed by atoms with Crippen LogP contribution in [0.2, 0.25) is 0 Å². The molecule has 1 rings (SSSR count). The van der Waals surface area contributed by atoms with Crippen LogP contribution in [0.5, 0.6) is 5.75 Å². The fourth-order valence-corrected chi connectivity index (χ4v) is 1.40. The molecule has 5 heteroatoms. The van der Waals surface area contributed by atoms with Gasteiger partial charge in [-0.15, -0.1) is 0 Å². The average molecular weight is 247 g/mol. The second-order valence-electron chi connectivity index (χ2n) is 3.88. The van der Waals surface area contributed by atoms with Gasteiger partial charge in [0.1, 0.15) is 5.75 Å². The van der Waals surface area contributed by atoms with E-state index in [2.05, 4.69) is 0 Å². The monoisotopic (exact) mass is 247 g/mol. The summed E-state index contributed by atoms with van der Waals surface area (Å²) in [5.74, 6) is 0.258. The number of nitrogens with two attached hydrogens (primary N) is 1. The minimum Gasteiger partial charge on any atom is -0.484 e. The molecule has 0 bridgehead atoms. The van der Waals surface area contributed by atoms with Crippen LogP contribution in [0.1, 0.15) is 18.9 Å². The molecule has 0 aliphatic heterocycles. The van der Waals surface area contributed by atoms with Crippen LogP contribution in [-0.4, -0.2) is 18.8 Å². The van der Waals surface area contributed by atoms with Gasteiger partial charge in [-0.05, 0) is 24.5 Å². The Morgan fingerprint density at radius 1 is 1.29 bits per heavy atom. The number of para-hydroxylation sites is 1. The van der Waals surface area contributed by atoms with Gasteiger partial charge in [0.25, 0.3) is 0 Å². The van der Waals surface area contributed by atoms with Crippen LogP contribution < -0.4 is 10.5 Å². The molecule has 0 aromatic heterocycles. The fraction of sp³-hybridized carbons (Fsp3) is 0.500. The summed E-state index contributed by atoms with van der Waals surface area (Å²) in [5, 5.41) is 0. The summed E-state index contributed by atoms with van der Waals surface area (Å²) in [6, 6.07) is 6.61. The van der Waals surface area contributed by atoms with Gasteiger partial charge < -0.3 is 10.5 Å². The van der Waals surface area contributed by atoms with Gasteiger partial charge in [-0.2, -0.15) is 13.2 Å². The van der Waals surface area contributed by atoms with Crippen molar-refractivity contribution in [3.8, 4) is 5.75 Å². The number of benzene rings is 1. The lowest BCUT2D eigenvalue weighted by atomic mass is 10.0. The molecule has 0 heterocycles. The van der Waals surface area contributed by atoms with Crippen molar-refractivity contribution in [2.45, 2.75) is 32.0 Å². The largest absolute Gasteiger partial charge is 0.484 e. The van der Waals surface area contributed by atoms with Crippen molar-refractivity contribution < 1.29 is 17.9 Å². The van der Waals surface area contributed by atoms with Crippen molar-refractivity contribution >= 4 is 0 Å². The summed E-state index contributed by atoms with van der Waals surface area (Å²) in [6.45, 7) is 0.662. The number of ether oxygens (including phenoxy) is 1. The smallest absolute Gasteiger partial charge is 0.422 e. The highest BCUT2D eigenvalue weighted by molar-refractivity contribution is 5.34. The Balaban J connectivity index is 2.70. The molecule has 0 amide bonds. The highest BCUT2D eigenvalue weighted by atomic mass is 19.4. The molecule has 0 radical (unpaired) electrons. The van der Waals surface area contributed by atoms with Crippen LogP contribution in [0.3, 0.4) is 0 Å². The fourth-order valence-electron chi connectivity index (χ4n) is 1.40. The summed E-state index contributed by atoms with van der Waals surface area (Å²) < 4.78 is 40.9. The highest BCUT2D eigenvalue weighted by Crippen LogP contribution is 2.23. The summed E-state index contributed by atoms with van der Waals surface area (Å²) >= 11 is 0. The molecule has 96 valence electrons. The first-order chi connectivity index (χ1) is 7.92. The Morgan fingerprint density at radius 2 is 1.94 bits per heavy atom. The zero-order chi connectivity index (χ0) is 12.9. The van der Waals surface area contributed by atoms with Gasteiger partial charge in [0.2, 0.25) is 0 Å². The van der Waals surface area contributed by atoms with Crippen LogP contribution >= 0.6 is 0 Å². The Labute approximate surface area is 98.6 Å². The topological polar surface area (TPSA) is 35.2 Å². The number of rotatable bonds is 5. The summed E-state index contributed by atoms with van der Waals surface area (Å²) in [5.41, 5.74) is 6.49. The van der Waals surface area contributed by atoms with Crippen molar-refractivity contribution in [1.29, 1.82) is 0 Å². The Bertz CT molecular complexity index is 352. The minimum atomic E-state index is -4.32. The van der Waals surface area contributed by atoms with E-state index in [-0.39, 0.29) is 11.8 Å². The lowest BCUT2D eigenvalue weighted by Gasteiger charge is -2.15. The average Bonchev–Trinajstić information content (AvgIpc) is 2.26. The molecule has 2 nitrogen and oxygen atoms in total. The van der Waals surface area contributed by atoms with Gasteiger partial charge in [0.05, 0.1) is 0 Å². The van der Waals surface area contributed by atoms with E-state index in [4.69, 9.17) is 10.5 Å². The Hall–Kier alpha value is -1.23. The third-order valence-electron chi connectivity index (χ3n) is 2.37.